The highest BCUT2D eigenvalue weighted by atomic mass is 16.5. The fraction of sp³-hybridized carbons (Fsp3) is 0.154. The maximum Gasteiger partial charge on any atom is 0.253 e. The zero-order valence-corrected chi connectivity index (χ0v) is 9.83. The number of fused-ring (bicyclic) bond motifs is 1. The van der Waals surface area contributed by atoms with E-state index in [0.717, 1.165) is 10.9 Å². The quantitative estimate of drug-likeness (QED) is 0.705. The Kier molecular flexibility index (Phi) is 2.64. The van der Waals surface area contributed by atoms with Crippen LogP contribution in [0.5, 0.6) is 5.75 Å². The summed E-state index contributed by atoms with van der Waals surface area (Å²) < 4.78 is 10.8. The van der Waals surface area contributed by atoms with Crippen molar-refractivity contribution in [2.24, 2.45) is 0 Å². The fourth-order valence-electron chi connectivity index (χ4n) is 1.67. The Bertz CT molecular complexity index is 679. The van der Waals surface area contributed by atoms with Crippen molar-refractivity contribution in [3.63, 3.8) is 0 Å². The minimum absolute atomic E-state index is 0.251. The number of aryl methyl sites for hydroxylation is 1. The van der Waals surface area contributed by atoms with Crippen LogP contribution in [0.15, 0.2) is 40.9 Å². The SMILES string of the molecule is Cc1nnc(COc2cnc3ccccc3c2)o1. The molecule has 2 heterocycles. The average molecular weight is 241 g/mol. The molecule has 5 nitrogen and oxygen atoms in total. The molecule has 0 bridgehead atoms. The number of nitrogens with zero attached hydrogens (tertiary/aromatic N) is 3. The van der Waals surface area contributed by atoms with Crippen LogP contribution in [0.1, 0.15) is 11.8 Å². The molecule has 0 amide bonds. The molecule has 1 aromatic carbocycles. The maximum absolute atomic E-state index is 5.55. The van der Waals surface area contributed by atoms with Crippen LogP contribution < -0.4 is 4.74 Å². The Morgan fingerprint density at radius 3 is 2.94 bits per heavy atom. The molecule has 3 rings (SSSR count). The summed E-state index contributed by atoms with van der Waals surface area (Å²) in [5.41, 5.74) is 0.943. The van der Waals surface area contributed by atoms with Crippen LogP contribution in [-0.4, -0.2) is 15.2 Å². The third-order valence-corrected chi connectivity index (χ3v) is 2.50. The van der Waals surface area contributed by atoms with Gasteiger partial charge in [0.1, 0.15) is 5.75 Å². The van der Waals surface area contributed by atoms with E-state index >= 15 is 0 Å². The molecule has 0 N–H and O–H groups in total. The maximum atomic E-state index is 5.55. The normalized spacial score (nSPS) is 10.7. The summed E-state index contributed by atoms with van der Waals surface area (Å²) in [5.74, 6) is 1.68. The van der Waals surface area contributed by atoms with E-state index in [9.17, 15) is 0 Å². The van der Waals surface area contributed by atoms with Crippen LogP contribution in [0.4, 0.5) is 0 Å². The summed E-state index contributed by atoms with van der Waals surface area (Å²) in [6, 6.07) is 9.81. The van der Waals surface area contributed by atoms with Crippen molar-refractivity contribution in [1.29, 1.82) is 0 Å². The molecular weight excluding hydrogens is 230 g/mol. The smallest absolute Gasteiger partial charge is 0.253 e. The third-order valence-electron chi connectivity index (χ3n) is 2.50. The molecule has 0 aliphatic carbocycles. The highest BCUT2D eigenvalue weighted by Gasteiger charge is 2.04. The molecule has 0 saturated heterocycles. The molecule has 0 aliphatic rings. The highest BCUT2D eigenvalue weighted by Crippen LogP contribution is 2.18. The van der Waals surface area contributed by atoms with Gasteiger partial charge in [-0.15, -0.1) is 10.2 Å². The van der Waals surface area contributed by atoms with Crippen molar-refractivity contribution in [2.45, 2.75) is 13.5 Å². The predicted molar refractivity (Wildman–Crippen MR) is 65.1 cm³/mol. The Morgan fingerprint density at radius 1 is 1.22 bits per heavy atom. The average Bonchev–Trinajstić information content (AvgIpc) is 2.82. The number of rotatable bonds is 3. The molecule has 0 aliphatic heterocycles. The van der Waals surface area contributed by atoms with E-state index in [0.29, 0.717) is 17.5 Å². The predicted octanol–water partition coefficient (Wildman–Crippen LogP) is 2.51. The fourth-order valence-corrected chi connectivity index (χ4v) is 1.67. The Balaban J connectivity index is 1.78. The molecule has 0 saturated carbocycles. The summed E-state index contributed by atoms with van der Waals surface area (Å²) >= 11 is 0. The van der Waals surface area contributed by atoms with Crippen LogP contribution >= 0.6 is 0 Å². The van der Waals surface area contributed by atoms with Crippen LogP contribution in [0.2, 0.25) is 0 Å². The number of ether oxygens (including phenoxy) is 1. The van der Waals surface area contributed by atoms with E-state index in [-0.39, 0.29) is 6.61 Å². The summed E-state index contributed by atoms with van der Waals surface area (Å²) in [5, 5.41) is 8.64. The Labute approximate surface area is 103 Å². The standard InChI is InChI=1S/C13H11N3O2/c1-9-15-16-13(18-9)8-17-11-6-10-4-2-3-5-12(10)14-7-11/h2-7H,8H2,1H3. The van der Waals surface area contributed by atoms with Crippen molar-refractivity contribution in [1.82, 2.24) is 15.2 Å². The van der Waals surface area contributed by atoms with E-state index in [1.807, 2.05) is 30.3 Å². The minimum Gasteiger partial charge on any atom is -0.482 e. The van der Waals surface area contributed by atoms with Gasteiger partial charge in [-0.05, 0) is 12.1 Å². The highest BCUT2D eigenvalue weighted by molar-refractivity contribution is 5.79. The van der Waals surface area contributed by atoms with Gasteiger partial charge in [0.15, 0.2) is 6.61 Å². The molecule has 3 aromatic rings. The van der Waals surface area contributed by atoms with Gasteiger partial charge in [0.25, 0.3) is 5.89 Å². The van der Waals surface area contributed by atoms with Gasteiger partial charge >= 0.3 is 0 Å². The van der Waals surface area contributed by atoms with Crippen molar-refractivity contribution in [3.05, 3.63) is 48.3 Å². The van der Waals surface area contributed by atoms with Gasteiger partial charge in [0.05, 0.1) is 11.7 Å². The number of aromatic nitrogens is 3. The molecule has 0 fully saturated rings. The van der Waals surface area contributed by atoms with Gasteiger partial charge in [-0.3, -0.25) is 4.98 Å². The van der Waals surface area contributed by atoms with Crippen molar-refractivity contribution >= 4 is 10.9 Å². The first-order chi connectivity index (χ1) is 8.81. The van der Waals surface area contributed by atoms with Crippen molar-refractivity contribution in [2.75, 3.05) is 0 Å². The van der Waals surface area contributed by atoms with E-state index in [1.165, 1.54) is 0 Å². The molecule has 2 aromatic heterocycles. The number of hydrogen-bond donors (Lipinski definition) is 0. The topological polar surface area (TPSA) is 61.0 Å². The molecule has 0 atom stereocenters. The van der Waals surface area contributed by atoms with Crippen LogP contribution in [-0.2, 0) is 6.61 Å². The van der Waals surface area contributed by atoms with Gasteiger partial charge in [0, 0.05) is 12.3 Å². The summed E-state index contributed by atoms with van der Waals surface area (Å²) in [4.78, 5) is 4.31. The monoisotopic (exact) mass is 241 g/mol. The largest absolute Gasteiger partial charge is 0.482 e. The lowest BCUT2D eigenvalue weighted by atomic mass is 10.2. The van der Waals surface area contributed by atoms with Gasteiger partial charge in [-0.25, -0.2) is 0 Å². The van der Waals surface area contributed by atoms with Gasteiger partial charge in [0.2, 0.25) is 5.89 Å². The minimum atomic E-state index is 0.251. The molecule has 0 spiro atoms. The van der Waals surface area contributed by atoms with Gasteiger partial charge in [-0.2, -0.15) is 0 Å². The Morgan fingerprint density at radius 2 is 2.11 bits per heavy atom. The molecular formula is C13H11N3O2. The Hall–Kier alpha value is -2.43. The van der Waals surface area contributed by atoms with Crippen LogP contribution in [0, 0.1) is 6.92 Å². The van der Waals surface area contributed by atoms with Crippen LogP contribution in [0.3, 0.4) is 0 Å². The molecule has 5 heteroatoms. The van der Waals surface area contributed by atoms with Gasteiger partial charge in [-0.1, -0.05) is 18.2 Å². The molecule has 18 heavy (non-hydrogen) atoms. The summed E-state index contributed by atoms with van der Waals surface area (Å²) in [6.45, 7) is 1.99. The lowest BCUT2D eigenvalue weighted by Gasteiger charge is -2.04. The zero-order chi connectivity index (χ0) is 12.4. The number of pyridine rings is 1. The first kappa shape index (κ1) is 10.7. The number of hydrogen-bond acceptors (Lipinski definition) is 5. The lowest BCUT2D eigenvalue weighted by Crippen LogP contribution is -1.96. The van der Waals surface area contributed by atoms with Crippen molar-refractivity contribution < 1.29 is 9.15 Å². The summed E-state index contributed by atoms with van der Waals surface area (Å²) in [7, 11) is 0. The lowest BCUT2D eigenvalue weighted by molar-refractivity contribution is 0.260. The number of benzene rings is 1. The second-order valence-corrected chi connectivity index (χ2v) is 3.87. The van der Waals surface area contributed by atoms with Crippen LogP contribution in [0.25, 0.3) is 10.9 Å². The van der Waals surface area contributed by atoms with Crippen molar-refractivity contribution in [3.8, 4) is 5.75 Å². The molecule has 90 valence electrons. The van der Waals surface area contributed by atoms with E-state index in [4.69, 9.17) is 9.15 Å². The molecule has 0 radical (unpaired) electrons. The van der Waals surface area contributed by atoms with Gasteiger partial charge < -0.3 is 9.15 Å². The number of para-hydroxylation sites is 1. The molecule has 0 unspecified atom stereocenters. The first-order valence-corrected chi connectivity index (χ1v) is 5.58. The second kappa shape index (κ2) is 4.44. The van der Waals surface area contributed by atoms with E-state index in [1.54, 1.807) is 13.1 Å². The zero-order valence-electron chi connectivity index (χ0n) is 9.83. The van der Waals surface area contributed by atoms with E-state index < -0.39 is 0 Å². The van der Waals surface area contributed by atoms with E-state index in [2.05, 4.69) is 15.2 Å². The third kappa shape index (κ3) is 2.15. The first-order valence-electron chi connectivity index (χ1n) is 5.58. The second-order valence-electron chi connectivity index (χ2n) is 3.87. The summed E-state index contributed by atoms with van der Waals surface area (Å²) in [6.07, 6.45) is 1.69.